The number of H-pyrrole nitrogens is 1. The number of rotatable bonds is 4. The lowest BCUT2D eigenvalue weighted by Gasteiger charge is -2.17. The third-order valence-corrected chi connectivity index (χ3v) is 5.36. The van der Waals surface area contributed by atoms with Gasteiger partial charge in [-0.1, -0.05) is 22.0 Å². The topological polar surface area (TPSA) is 91.0 Å². The summed E-state index contributed by atoms with van der Waals surface area (Å²) in [5.74, 6) is -0.818. The van der Waals surface area contributed by atoms with Gasteiger partial charge in [-0.2, -0.15) is 5.10 Å². The molecule has 0 radical (unpaired) electrons. The zero-order valence-electron chi connectivity index (χ0n) is 15.1. The Labute approximate surface area is 170 Å². The number of nitrogens with one attached hydrogen (secondary N) is 2. The van der Waals surface area contributed by atoms with E-state index in [1.54, 1.807) is 17.3 Å². The van der Waals surface area contributed by atoms with E-state index in [2.05, 4.69) is 36.4 Å². The molecule has 7 nitrogen and oxygen atoms in total. The van der Waals surface area contributed by atoms with Gasteiger partial charge < -0.3 is 10.2 Å². The number of benzene rings is 1. The number of anilines is 2. The number of aromatic nitrogens is 3. The van der Waals surface area contributed by atoms with Crippen LogP contribution in [-0.2, 0) is 9.59 Å². The Morgan fingerprint density at radius 2 is 2.07 bits per heavy atom. The van der Waals surface area contributed by atoms with Crippen LogP contribution in [0, 0.1) is 12.8 Å². The molecule has 1 saturated heterocycles. The first-order chi connectivity index (χ1) is 13.5. The van der Waals surface area contributed by atoms with Crippen molar-refractivity contribution < 1.29 is 9.59 Å². The quantitative estimate of drug-likeness (QED) is 0.608. The van der Waals surface area contributed by atoms with Gasteiger partial charge in [-0.05, 0) is 43.7 Å². The van der Waals surface area contributed by atoms with Crippen molar-refractivity contribution in [1.29, 1.82) is 0 Å². The standard InChI is InChI=1S/C20H18BrN5O2/c1-12-17(13-5-8-22-9-6-13)24-25-18(12)23-19(27)16-7-10-26(20(16)28)15-4-2-3-14(21)11-15/h2-6,8-9,11,16H,7,10H2,1H3,(H2,23,24,25,27). The van der Waals surface area contributed by atoms with Crippen LogP contribution in [0.2, 0.25) is 0 Å². The van der Waals surface area contributed by atoms with Crippen molar-refractivity contribution in [3.8, 4) is 11.3 Å². The molecule has 0 bridgehead atoms. The fraction of sp³-hybridized carbons (Fsp3) is 0.200. The second-order valence-electron chi connectivity index (χ2n) is 6.61. The van der Waals surface area contributed by atoms with Gasteiger partial charge in [0.15, 0.2) is 5.82 Å². The van der Waals surface area contributed by atoms with Gasteiger partial charge in [0.25, 0.3) is 0 Å². The minimum Gasteiger partial charge on any atom is -0.312 e. The van der Waals surface area contributed by atoms with Crippen molar-refractivity contribution in [3.05, 3.63) is 58.8 Å². The Kier molecular flexibility index (Phi) is 4.95. The molecule has 1 aromatic carbocycles. The molecule has 0 saturated carbocycles. The molecule has 1 fully saturated rings. The Bertz CT molecular complexity index is 1030. The summed E-state index contributed by atoms with van der Waals surface area (Å²) in [6.07, 6.45) is 3.86. The number of halogens is 1. The van der Waals surface area contributed by atoms with Gasteiger partial charge in [-0.15, -0.1) is 0 Å². The van der Waals surface area contributed by atoms with Crippen LogP contribution in [0.4, 0.5) is 11.5 Å². The van der Waals surface area contributed by atoms with Crippen LogP contribution in [-0.4, -0.2) is 33.5 Å². The van der Waals surface area contributed by atoms with Gasteiger partial charge in [-0.25, -0.2) is 0 Å². The second-order valence-corrected chi connectivity index (χ2v) is 7.52. The number of carbonyl (C=O) groups excluding carboxylic acids is 2. The predicted octanol–water partition coefficient (Wildman–Crippen LogP) is 3.53. The molecule has 1 unspecified atom stereocenters. The Balaban J connectivity index is 1.49. The molecule has 2 N–H and O–H groups in total. The fourth-order valence-electron chi connectivity index (χ4n) is 3.35. The summed E-state index contributed by atoms with van der Waals surface area (Å²) in [6.45, 7) is 2.38. The number of nitrogens with zero attached hydrogens (tertiary/aromatic N) is 3. The molecule has 0 aliphatic carbocycles. The van der Waals surface area contributed by atoms with Gasteiger partial charge in [0.2, 0.25) is 11.8 Å². The maximum Gasteiger partial charge on any atom is 0.239 e. The van der Waals surface area contributed by atoms with E-state index in [0.29, 0.717) is 18.8 Å². The maximum atomic E-state index is 12.8. The minimum atomic E-state index is -0.723. The molecule has 2 aromatic heterocycles. The van der Waals surface area contributed by atoms with Crippen molar-refractivity contribution in [2.45, 2.75) is 13.3 Å². The van der Waals surface area contributed by atoms with E-state index in [1.807, 2.05) is 43.3 Å². The van der Waals surface area contributed by atoms with E-state index in [-0.39, 0.29) is 11.8 Å². The summed E-state index contributed by atoms with van der Waals surface area (Å²) in [4.78, 5) is 31.2. The highest BCUT2D eigenvalue weighted by Gasteiger charge is 2.38. The molecule has 3 aromatic rings. The van der Waals surface area contributed by atoms with Gasteiger partial charge in [0.05, 0.1) is 5.69 Å². The lowest BCUT2D eigenvalue weighted by molar-refractivity contribution is -0.129. The number of hydrogen-bond acceptors (Lipinski definition) is 4. The van der Waals surface area contributed by atoms with Crippen LogP contribution in [0.3, 0.4) is 0 Å². The van der Waals surface area contributed by atoms with Crippen LogP contribution in [0.5, 0.6) is 0 Å². The van der Waals surface area contributed by atoms with Crippen LogP contribution in [0.25, 0.3) is 11.3 Å². The number of aromatic amines is 1. The second kappa shape index (κ2) is 7.55. The summed E-state index contributed by atoms with van der Waals surface area (Å²) >= 11 is 3.41. The number of hydrogen-bond donors (Lipinski definition) is 2. The van der Waals surface area contributed by atoms with Crippen molar-refractivity contribution in [2.75, 3.05) is 16.8 Å². The largest absolute Gasteiger partial charge is 0.312 e. The third-order valence-electron chi connectivity index (χ3n) is 4.86. The fourth-order valence-corrected chi connectivity index (χ4v) is 3.73. The molecule has 8 heteroatoms. The molecular weight excluding hydrogens is 422 g/mol. The molecule has 2 amide bonds. The Morgan fingerprint density at radius 1 is 1.29 bits per heavy atom. The molecule has 1 aliphatic heterocycles. The van der Waals surface area contributed by atoms with Gasteiger partial charge in [0, 0.05) is 40.2 Å². The predicted molar refractivity (Wildman–Crippen MR) is 110 cm³/mol. The molecule has 3 heterocycles. The lowest BCUT2D eigenvalue weighted by atomic mass is 10.1. The number of pyridine rings is 1. The highest BCUT2D eigenvalue weighted by Crippen LogP contribution is 2.29. The van der Waals surface area contributed by atoms with Crippen molar-refractivity contribution >= 4 is 39.2 Å². The highest BCUT2D eigenvalue weighted by atomic mass is 79.9. The smallest absolute Gasteiger partial charge is 0.239 e. The summed E-state index contributed by atoms with van der Waals surface area (Å²) in [7, 11) is 0. The van der Waals surface area contributed by atoms with E-state index in [1.165, 1.54) is 0 Å². The first kappa shape index (κ1) is 18.4. The molecular formula is C20H18BrN5O2. The zero-order valence-corrected chi connectivity index (χ0v) is 16.7. The zero-order chi connectivity index (χ0) is 19.7. The first-order valence-corrected chi connectivity index (χ1v) is 9.67. The first-order valence-electron chi connectivity index (χ1n) is 8.88. The van der Waals surface area contributed by atoms with Crippen LogP contribution in [0.1, 0.15) is 12.0 Å². The van der Waals surface area contributed by atoms with Crippen LogP contribution in [0.15, 0.2) is 53.3 Å². The Morgan fingerprint density at radius 3 is 2.82 bits per heavy atom. The van der Waals surface area contributed by atoms with Crippen molar-refractivity contribution in [1.82, 2.24) is 15.2 Å². The Hall–Kier alpha value is -3.00. The third kappa shape index (κ3) is 3.43. The molecule has 4 rings (SSSR count). The van der Waals surface area contributed by atoms with E-state index in [9.17, 15) is 9.59 Å². The summed E-state index contributed by atoms with van der Waals surface area (Å²) in [6, 6.07) is 11.2. The van der Waals surface area contributed by atoms with Crippen LogP contribution >= 0.6 is 15.9 Å². The van der Waals surface area contributed by atoms with E-state index in [4.69, 9.17) is 0 Å². The summed E-state index contributed by atoms with van der Waals surface area (Å²) < 4.78 is 0.890. The lowest BCUT2D eigenvalue weighted by Crippen LogP contribution is -2.33. The average molecular weight is 440 g/mol. The SMILES string of the molecule is Cc1c(NC(=O)C2CCN(c3cccc(Br)c3)C2=O)n[nH]c1-c1ccncc1. The average Bonchev–Trinajstić information content (AvgIpc) is 3.25. The minimum absolute atomic E-state index is 0.196. The molecule has 142 valence electrons. The maximum absolute atomic E-state index is 12.8. The summed E-state index contributed by atoms with van der Waals surface area (Å²) in [5, 5.41) is 9.96. The van der Waals surface area contributed by atoms with Gasteiger partial charge in [-0.3, -0.25) is 19.7 Å². The monoisotopic (exact) mass is 439 g/mol. The number of carbonyl (C=O) groups is 2. The molecule has 1 atom stereocenters. The highest BCUT2D eigenvalue weighted by molar-refractivity contribution is 9.10. The van der Waals surface area contributed by atoms with E-state index < -0.39 is 5.92 Å². The van der Waals surface area contributed by atoms with Crippen LogP contribution < -0.4 is 10.2 Å². The van der Waals surface area contributed by atoms with Gasteiger partial charge in [0.1, 0.15) is 5.92 Å². The van der Waals surface area contributed by atoms with Gasteiger partial charge >= 0.3 is 0 Å². The molecule has 1 aliphatic rings. The van der Waals surface area contributed by atoms with Crippen molar-refractivity contribution in [2.24, 2.45) is 5.92 Å². The number of amides is 2. The van der Waals surface area contributed by atoms with E-state index >= 15 is 0 Å². The molecule has 28 heavy (non-hydrogen) atoms. The van der Waals surface area contributed by atoms with E-state index in [0.717, 1.165) is 27.0 Å². The summed E-state index contributed by atoms with van der Waals surface area (Å²) in [5.41, 5.74) is 3.34. The van der Waals surface area contributed by atoms with Crippen molar-refractivity contribution in [3.63, 3.8) is 0 Å². The normalized spacial score (nSPS) is 16.4. The molecule has 0 spiro atoms.